The second-order valence-corrected chi connectivity index (χ2v) is 7.32. The molecule has 96 valence electrons. The first-order valence-corrected chi connectivity index (χ1v) is 7.95. The Labute approximate surface area is 119 Å². The summed E-state index contributed by atoms with van der Waals surface area (Å²) in [5.41, 5.74) is 2.48. The van der Waals surface area contributed by atoms with Gasteiger partial charge in [0.05, 0.1) is 9.89 Å². The van der Waals surface area contributed by atoms with Gasteiger partial charge >= 0.3 is 0 Å². The van der Waals surface area contributed by atoms with Gasteiger partial charge in [0.15, 0.2) is 0 Å². The first-order chi connectivity index (χ1) is 8.74. The van der Waals surface area contributed by atoms with E-state index in [1.54, 1.807) is 11.3 Å². The largest absolute Gasteiger partial charge is 0.388 e. The van der Waals surface area contributed by atoms with Gasteiger partial charge in [-0.2, -0.15) is 0 Å². The Hall–Kier alpha value is -0.580. The summed E-state index contributed by atoms with van der Waals surface area (Å²) < 4.78 is 3.51. The highest BCUT2D eigenvalue weighted by Gasteiger charge is 2.20. The molecule has 2 aromatic heterocycles. The van der Waals surface area contributed by atoms with Crippen LogP contribution >= 0.6 is 27.3 Å². The number of hydrogen-bond acceptors (Lipinski definition) is 2. The second-order valence-electron chi connectivity index (χ2n) is 4.78. The van der Waals surface area contributed by atoms with E-state index in [9.17, 15) is 5.11 Å². The van der Waals surface area contributed by atoms with E-state index in [2.05, 4.69) is 44.9 Å². The molecule has 2 aromatic rings. The predicted molar refractivity (Wildman–Crippen MR) is 78.1 cm³/mol. The molecule has 3 rings (SSSR count). The third kappa shape index (κ3) is 2.42. The molecule has 2 nitrogen and oxygen atoms in total. The number of aromatic nitrogens is 1. The molecule has 0 fully saturated rings. The van der Waals surface area contributed by atoms with Crippen LogP contribution in [-0.4, -0.2) is 9.67 Å². The van der Waals surface area contributed by atoms with Crippen LogP contribution in [0.5, 0.6) is 0 Å². The van der Waals surface area contributed by atoms with Crippen LogP contribution in [0.2, 0.25) is 0 Å². The lowest BCUT2D eigenvalue weighted by molar-refractivity contribution is 0.155. The van der Waals surface area contributed by atoms with Gasteiger partial charge in [-0.15, -0.1) is 11.3 Å². The van der Waals surface area contributed by atoms with Crippen molar-refractivity contribution in [2.75, 3.05) is 0 Å². The first kappa shape index (κ1) is 12.5. The first-order valence-electron chi connectivity index (χ1n) is 6.34. The Morgan fingerprint density at radius 2 is 2.28 bits per heavy atom. The zero-order chi connectivity index (χ0) is 12.5. The van der Waals surface area contributed by atoms with E-state index >= 15 is 0 Å². The molecule has 0 saturated carbocycles. The summed E-state index contributed by atoms with van der Waals surface area (Å²) in [7, 11) is 0. The number of thiophene rings is 1. The topological polar surface area (TPSA) is 25.2 Å². The molecule has 1 unspecified atom stereocenters. The fourth-order valence-corrected chi connectivity index (χ4v) is 4.13. The van der Waals surface area contributed by atoms with Gasteiger partial charge in [-0.1, -0.05) is 0 Å². The summed E-state index contributed by atoms with van der Waals surface area (Å²) in [6, 6.07) is 6.37. The van der Waals surface area contributed by atoms with E-state index < -0.39 is 0 Å². The predicted octanol–water partition coefficient (Wildman–Crippen LogP) is 3.92. The van der Waals surface area contributed by atoms with Crippen molar-refractivity contribution in [3.63, 3.8) is 0 Å². The van der Waals surface area contributed by atoms with Crippen LogP contribution in [0.4, 0.5) is 0 Å². The van der Waals surface area contributed by atoms with Gasteiger partial charge in [0.25, 0.3) is 0 Å². The number of aliphatic hydroxyl groups excluding tert-OH is 1. The summed E-state index contributed by atoms with van der Waals surface area (Å²) >= 11 is 5.30. The summed E-state index contributed by atoms with van der Waals surface area (Å²) in [5.74, 6) is 0. The molecule has 18 heavy (non-hydrogen) atoms. The fourth-order valence-electron chi connectivity index (χ4n) is 2.66. The van der Waals surface area contributed by atoms with Crippen molar-refractivity contribution in [3.8, 4) is 0 Å². The summed E-state index contributed by atoms with van der Waals surface area (Å²) in [4.78, 5) is 1.40. The molecule has 0 spiro atoms. The van der Waals surface area contributed by atoms with Crippen LogP contribution in [0.3, 0.4) is 0 Å². The summed E-state index contributed by atoms with van der Waals surface area (Å²) in [6.45, 7) is 1.01. The maximum absolute atomic E-state index is 9.95. The van der Waals surface area contributed by atoms with Crippen molar-refractivity contribution in [2.24, 2.45) is 0 Å². The molecule has 0 aromatic carbocycles. The molecule has 0 saturated heterocycles. The smallest absolute Gasteiger partial charge is 0.0807 e. The van der Waals surface area contributed by atoms with Crippen molar-refractivity contribution in [1.29, 1.82) is 0 Å². The zero-order valence-corrected chi connectivity index (χ0v) is 12.5. The maximum Gasteiger partial charge on any atom is 0.0807 e. The van der Waals surface area contributed by atoms with Crippen molar-refractivity contribution in [1.82, 2.24) is 4.57 Å². The highest BCUT2D eigenvalue weighted by atomic mass is 79.9. The Kier molecular flexibility index (Phi) is 3.59. The average Bonchev–Trinajstić information content (AvgIpc) is 2.94. The number of rotatable bonds is 3. The molecule has 4 heteroatoms. The minimum Gasteiger partial charge on any atom is -0.388 e. The Balaban J connectivity index is 1.73. The van der Waals surface area contributed by atoms with E-state index in [0.29, 0.717) is 0 Å². The van der Waals surface area contributed by atoms with Crippen LogP contribution in [0.25, 0.3) is 0 Å². The minimum absolute atomic E-state index is 0.245. The zero-order valence-electron chi connectivity index (χ0n) is 10.1. The normalized spacial score (nSPS) is 18.9. The average molecular weight is 326 g/mol. The van der Waals surface area contributed by atoms with E-state index in [-0.39, 0.29) is 6.10 Å². The molecule has 0 bridgehead atoms. The Morgan fingerprint density at radius 1 is 1.39 bits per heavy atom. The van der Waals surface area contributed by atoms with Crippen molar-refractivity contribution in [2.45, 2.75) is 38.3 Å². The quantitative estimate of drug-likeness (QED) is 0.908. The molecule has 0 aliphatic heterocycles. The highest BCUT2D eigenvalue weighted by molar-refractivity contribution is 9.11. The lowest BCUT2D eigenvalue weighted by Crippen LogP contribution is -2.12. The minimum atomic E-state index is -0.245. The van der Waals surface area contributed by atoms with Gasteiger partial charge in [0.1, 0.15) is 0 Å². The van der Waals surface area contributed by atoms with Crippen LogP contribution in [0.15, 0.2) is 28.2 Å². The number of aliphatic hydroxyl groups is 1. The lowest BCUT2D eigenvalue weighted by Gasteiger charge is -2.20. The van der Waals surface area contributed by atoms with Crippen LogP contribution < -0.4 is 0 Å². The molecular formula is C14H16BrNOS. The Morgan fingerprint density at radius 3 is 3.06 bits per heavy atom. The van der Waals surface area contributed by atoms with Gasteiger partial charge in [0, 0.05) is 28.9 Å². The standard InChI is InChI=1S/C14H16BrNOS/c15-14-5-4-10(18-14)6-8-16-9-7-11-12(16)2-1-3-13(11)17/h4-5,7,9,13,17H,1-3,6,8H2. The van der Waals surface area contributed by atoms with Crippen molar-refractivity contribution >= 4 is 27.3 Å². The SMILES string of the molecule is OC1CCCc2c1ccn2CCc1ccc(Br)s1. The van der Waals surface area contributed by atoms with Gasteiger partial charge in [-0.05, 0) is 59.8 Å². The van der Waals surface area contributed by atoms with Crippen LogP contribution in [0, 0.1) is 0 Å². The molecule has 1 N–H and O–H groups in total. The molecule has 2 heterocycles. The Bertz CT molecular complexity index is 546. The van der Waals surface area contributed by atoms with Gasteiger partial charge in [0.2, 0.25) is 0 Å². The number of aryl methyl sites for hydroxylation is 2. The van der Waals surface area contributed by atoms with E-state index in [1.165, 1.54) is 14.4 Å². The van der Waals surface area contributed by atoms with E-state index in [4.69, 9.17) is 0 Å². The molecule has 0 radical (unpaired) electrons. The number of halogens is 1. The highest BCUT2D eigenvalue weighted by Crippen LogP contribution is 2.30. The van der Waals surface area contributed by atoms with Crippen molar-refractivity contribution in [3.05, 3.63) is 44.3 Å². The maximum atomic E-state index is 9.95. The van der Waals surface area contributed by atoms with Gasteiger partial charge < -0.3 is 9.67 Å². The van der Waals surface area contributed by atoms with Gasteiger partial charge in [-0.3, -0.25) is 0 Å². The molecule has 1 aliphatic rings. The number of nitrogens with zero attached hydrogens (tertiary/aromatic N) is 1. The molecule has 0 amide bonds. The van der Waals surface area contributed by atoms with Crippen LogP contribution in [0.1, 0.15) is 35.1 Å². The fraction of sp³-hybridized carbons (Fsp3) is 0.429. The third-order valence-electron chi connectivity index (χ3n) is 3.59. The number of fused-ring (bicyclic) bond motifs is 1. The second kappa shape index (κ2) is 5.19. The summed E-state index contributed by atoms with van der Waals surface area (Å²) in [5, 5.41) is 9.95. The van der Waals surface area contributed by atoms with E-state index in [1.807, 2.05) is 0 Å². The van der Waals surface area contributed by atoms with Crippen molar-refractivity contribution < 1.29 is 5.11 Å². The monoisotopic (exact) mass is 325 g/mol. The van der Waals surface area contributed by atoms with E-state index in [0.717, 1.165) is 37.8 Å². The van der Waals surface area contributed by atoms with Gasteiger partial charge in [-0.25, -0.2) is 0 Å². The third-order valence-corrected chi connectivity index (χ3v) is 5.28. The molecule has 1 aliphatic carbocycles. The number of hydrogen-bond donors (Lipinski definition) is 1. The molecular weight excluding hydrogens is 310 g/mol. The lowest BCUT2D eigenvalue weighted by atomic mass is 9.95. The summed E-state index contributed by atoms with van der Waals surface area (Å²) in [6.07, 6.45) is 6.06. The van der Waals surface area contributed by atoms with Crippen LogP contribution in [-0.2, 0) is 19.4 Å². The molecule has 1 atom stereocenters.